The number of carbonyl (C=O) groups is 2. The molecule has 2 amide bonds. The number of nitrogens with one attached hydrogen (secondary N) is 2. The monoisotopic (exact) mass is 323 g/mol. The van der Waals surface area contributed by atoms with Crippen LogP contribution in [0.5, 0.6) is 0 Å². The molecule has 2 N–H and O–H groups in total. The lowest BCUT2D eigenvalue weighted by Crippen LogP contribution is -2.50. The lowest BCUT2D eigenvalue weighted by atomic mass is 10.0. The van der Waals surface area contributed by atoms with Crippen molar-refractivity contribution in [2.75, 3.05) is 22.1 Å². The average Bonchev–Trinajstić information content (AvgIpc) is 2.57. The Hall–Kier alpha value is -2.82. The Morgan fingerprint density at radius 2 is 1.83 bits per heavy atom. The van der Waals surface area contributed by atoms with Crippen molar-refractivity contribution in [2.45, 2.75) is 26.8 Å². The van der Waals surface area contributed by atoms with Crippen LogP contribution in [0.25, 0.3) is 0 Å². The Kier molecular flexibility index (Phi) is 4.25. The van der Waals surface area contributed by atoms with Gasteiger partial charge in [0.2, 0.25) is 11.8 Å². The second-order valence-corrected chi connectivity index (χ2v) is 6.10. The highest BCUT2D eigenvalue weighted by Gasteiger charge is 2.32. The molecule has 0 fully saturated rings. The molecule has 1 atom stereocenters. The van der Waals surface area contributed by atoms with Gasteiger partial charge in [0.1, 0.15) is 6.04 Å². The number of aryl methyl sites for hydroxylation is 2. The van der Waals surface area contributed by atoms with Crippen LogP contribution >= 0.6 is 0 Å². The molecule has 0 saturated heterocycles. The molecule has 5 nitrogen and oxygen atoms in total. The molecule has 0 saturated carbocycles. The highest BCUT2D eigenvalue weighted by Crippen LogP contribution is 2.33. The van der Waals surface area contributed by atoms with E-state index in [0.717, 1.165) is 28.2 Å². The molecule has 1 aliphatic rings. The van der Waals surface area contributed by atoms with Crippen LogP contribution in [0, 0.1) is 13.8 Å². The van der Waals surface area contributed by atoms with E-state index in [1.54, 1.807) is 11.8 Å². The zero-order chi connectivity index (χ0) is 17.3. The average molecular weight is 323 g/mol. The first-order valence-electron chi connectivity index (χ1n) is 8.00. The van der Waals surface area contributed by atoms with E-state index in [2.05, 4.69) is 10.6 Å². The van der Waals surface area contributed by atoms with Crippen LogP contribution in [-0.4, -0.2) is 24.4 Å². The predicted octanol–water partition coefficient (Wildman–Crippen LogP) is 3.09. The van der Waals surface area contributed by atoms with Crippen molar-refractivity contribution < 1.29 is 9.59 Å². The molecule has 0 bridgehead atoms. The van der Waals surface area contributed by atoms with Gasteiger partial charge in [-0.05, 0) is 56.2 Å². The molecule has 24 heavy (non-hydrogen) atoms. The second kappa shape index (κ2) is 6.35. The molecular formula is C19H21N3O2. The first kappa shape index (κ1) is 16.1. The number of rotatable bonds is 3. The van der Waals surface area contributed by atoms with Gasteiger partial charge in [-0.1, -0.05) is 18.2 Å². The summed E-state index contributed by atoms with van der Waals surface area (Å²) in [6.45, 7) is 5.98. The minimum absolute atomic E-state index is 0.110. The van der Waals surface area contributed by atoms with Crippen LogP contribution in [0.2, 0.25) is 0 Å². The highest BCUT2D eigenvalue weighted by molar-refractivity contribution is 6.09. The van der Waals surface area contributed by atoms with Crippen molar-refractivity contribution in [3.05, 3.63) is 53.6 Å². The number of nitrogens with zero attached hydrogens (tertiary/aromatic N) is 1. The fourth-order valence-corrected chi connectivity index (χ4v) is 2.84. The minimum Gasteiger partial charge on any atom is -0.374 e. The van der Waals surface area contributed by atoms with Crippen LogP contribution < -0.4 is 15.5 Å². The van der Waals surface area contributed by atoms with Gasteiger partial charge >= 0.3 is 0 Å². The molecule has 0 aromatic heterocycles. The first-order valence-corrected chi connectivity index (χ1v) is 8.00. The van der Waals surface area contributed by atoms with Gasteiger partial charge in [-0.2, -0.15) is 0 Å². The summed E-state index contributed by atoms with van der Waals surface area (Å²) in [5.74, 6) is -0.318. The van der Waals surface area contributed by atoms with Gasteiger partial charge in [0, 0.05) is 5.69 Å². The zero-order valence-corrected chi connectivity index (χ0v) is 14.1. The standard InChI is InChI=1S/C19H21N3O2/c1-12-9-16-17(10-13(12)2)22(18(23)11-20-16)14(3)19(24)21-15-7-5-4-6-8-15/h4-10,14,20H,11H2,1-3H3,(H,21,24). The second-order valence-electron chi connectivity index (χ2n) is 6.10. The number of para-hydroxylation sites is 1. The summed E-state index contributed by atoms with van der Waals surface area (Å²) in [4.78, 5) is 26.6. The fraction of sp³-hybridized carbons (Fsp3) is 0.263. The van der Waals surface area contributed by atoms with E-state index in [0.29, 0.717) is 0 Å². The third-order valence-electron chi connectivity index (χ3n) is 4.38. The molecule has 1 unspecified atom stereocenters. The third-order valence-corrected chi connectivity index (χ3v) is 4.38. The number of anilines is 3. The molecule has 3 rings (SSSR count). The number of benzene rings is 2. The maximum absolute atomic E-state index is 12.6. The highest BCUT2D eigenvalue weighted by atomic mass is 16.2. The van der Waals surface area contributed by atoms with Gasteiger partial charge in [0.25, 0.3) is 0 Å². The summed E-state index contributed by atoms with van der Waals surface area (Å²) in [7, 11) is 0. The van der Waals surface area contributed by atoms with E-state index >= 15 is 0 Å². The van der Waals surface area contributed by atoms with Crippen molar-refractivity contribution in [3.8, 4) is 0 Å². The van der Waals surface area contributed by atoms with Crippen molar-refractivity contribution in [1.29, 1.82) is 0 Å². The van der Waals surface area contributed by atoms with Crippen molar-refractivity contribution in [2.24, 2.45) is 0 Å². The predicted molar refractivity (Wildman–Crippen MR) is 96.4 cm³/mol. The smallest absolute Gasteiger partial charge is 0.247 e. The summed E-state index contributed by atoms with van der Waals surface area (Å²) in [5, 5.41) is 5.99. The largest absolute Gasteiger partial charge is 0.374 e. The summed E-state index contributed by atoms with van der Waals surface area (Å²) in [6.07, 6.45) is 0. The molecule has 124 valence electrons. The summed E-state index contributed by atoms with van der Waals surface area (Å²) in [6, 6.07) is 12.6. The molecule has 2 aromatic rings. The normalized spacial score (nSPS) is 14.6. The van der Waals surface area contributed by atoms with Crippen LogP contribution in [-0.2, 0) is 9.59 Å². The fourth-order valence-electron chi connectivity index (χ4n) is 2.84. The Labute approximate surface area is 141 Å². The minimum atomic E-state index is -0.597. The van der Waals surface area contributed by atoms with Crippen LogP contribution in [0.3, 0.4) is 0 Å². The molecule has 2 aromatic carbocycles. The molecule has 1 heterocycles. The van der Waals surface area contributed by atoms with E-state index < -0.39 is 6.04 Å². The van der Waals surface area contributed by atoms with Crippen LogP contribution in [0.4, 0.5) is 17.1 Å². The number of hydrogen-bond acceptors (Lipinski definition) is 3. The number of amides is 2. The van der Waals surface area contributed by atoms with Gasteiger partial charge in [-0.3, -0.25) is 14.5 Å². The van der Waals surface area contributed by atoms with Crippen LogP contribution in [0.1, 0.15) is 18.1 Å². The van der Waals surface area contributed by atoms with E-state index in [1.807, 2.05) is 56.3 Å². The number of carbonyl (C=O) groups excluding carboxylic acids is 2. The zero-order valence-electron chi connectivity index (χ0n) is 14.1. The maximum atomic E-state index is 12.6. The van der Waals surface area contributed by atoms with E-state index in [9.17, 15) is 9.59 Å². The van der Waals surface area contributed by atoms with Crippen molar-refractivity contribution in [1.82, 2.24) is 0 Å². The molecule has 1 aliphatic heterocycles. The number of fused-ring (bicyclic) bond motifs is 1. The molecule has 0 radical (unpaired) electrons. The van der Waals surface area contributed by atoms with E-state index in [1.165, 1.54) is 0 Å². The quantitative estimate of drug-likeness (QED) is 0.912. The van der Waals surface area contributed by atoms with E-state index in [-0.39, 0.29) is 18.4 Å². The van der Waals surface area contributed by atoms with Gasteiger partial charge in [-0.25, -0.2) is 0 Å². The summed E-state index contributed by atoms with van der Waals surface area (Å²) < 4.78 is 0. The van der Waals surface area contributed by atoms with Crippen molar-refractivity contribution in [3.63, 3.8) is 0 Å². The Morgan fingerprint density at radius 3 is 2.54 bits per heavy atom. The Balaban J connectivity index is 1.89. The lowest BCUT2D eigenvalue weighted by Gasteiger charge is -2.34. The van der Waals surface area contributed by atoms with Gasteiger partial charge < -0.3 is 10.6 Å². The molecule has 5 heteroatoms. The van der Waals surface area contributed by atoms with E-state index in [4.69, 9.17) is 0 Å². The Morgan fingerprint density at radius 1 is 1.17 bits per heavy atom. The summed E-state index contributed by atoms with van der Waals surface area (Å²) in [5.41, 5.74) is 4.60. The number of hydrogen-bond donors (Lipinski definition) is 2. The van der Waals surface area contributed by atoms with Gasteiger partial charge in [-0.15, -0.1) is 0 Å². The van der Waals surface area contributed by atoms with Gasteiger partial charge in [0.05, 0.1) is 17.9 Å². The third kappa shape index (κ3) is 2.97. The van der Waals surface area contributed by atoms with Crippen LogP contribution in [0.15, 0.2) is 42.5 Å². The maximum Gasteiger partial charge on any atom is 0.247 e. The SMILES string of the molecule is Cc1cc2c(cc1C)N(C(C)C(=O)Nc1ccccc1)C(=O)CN2. The topological polar surface area (TPSA) is 61.4 Å². The Bertz CT molecular complexity index is 787. The molecule has 0 spiro atoms. The molecule has 0 aliphatic carbocycles. The van der Waals surface area contributed by atoms with Gasteiger partial charge in [0.15, 0.2) is 0 Å². The molecular weight excluding hydrogens is 302 g/mol. The lowest BCUT2D eigenvalue weighted by molar-refractivity contribution is -0.122. The first-order chi connectivity index (χ1) is 11.5. The van der Waals surface area contributed by atoms with Crippen molar-refractivity contribution >= 4 is 28.9 Å². The summed E-state index contributed by atoms with van der Waals surface area (Å²) >= 11 is 0.